The number of para-hydroxylation sites is 1. The Balaban J connectivity index is 1.85. The standard InChI is InChI=1S/C15H20N2OS/c16-7-5-11-9-17(14-4-2-1-3-13(11)14)15(18)12-6-8-19-10-12/h1-4,11-12H,5-10,16H2. The molecule has 0 radical (unpaired) electrons. The predicted octanol–water partition coefficient (Wildman–Crippen LogP) is 2.22. The topological polar surface area (TPSA) is 46.3 Å². The summed E-state index contributed by atoms with van der Waals surface area (Å²) in [6, 6.07) is 8.30. The van der Waals surface area contributed by atoms with Gasteiger partial charge >= 0.3 is 0 Å². The largest absolute Gasteiger partial charge is 0.330 e. The van der Waals surface area contributed by atoms with E-state index >= 15 is 0 Å². The number of nitrogens with two attached hydrogens (primary N) is 1. The summed E-state index contributed by atoms with van der Waals surface area (Å²) in [5, 5.41) is 0. The first-order valence-corrected chi connectivity index (χ1v) is 8.15. The van der Waals surface area contributed by atoms with Gasteiger partial charge in [-0.1, -0.05) is 18.2 Å². The maximum Gasteiger partial charge on any atom is 0.230 e. The first-order chi connectivity index (χ1) is 9.31. The van der Waals surface area contributed by atoms with Gasteiger partial charge in [0.25, 0.3) is 0 Å². The van der Waals surface area contributed by atoms with Crippen LogP contribution in [0, 0.1) is 5.92 Å². The maximum absolute atomic E-state index is 12.6. The van der Waals surface area contributed by atoms with Crippen LogP contribution in [-0.2, 0) is 4.79 Å². The number of fused-ring (bicyclic) bond motifs is 1. The Labute approximate surface area is 118 Å². The van der Waals surface area contributed by atoms with E-state index in [2.05, 4.69) is 18.2 Å². The minimum atomic E-state index is 0.217. The molecule has 1 aromatic rings. The van der Waals surface area contributed by atoms with E-state index in [0.29, 0.717) is 18.4 Å². The first kappa shape index (κ1) is 13.0. The van der Waals surface area contributed by atoms with Crippen molar-refractivity contribution in [2.45, 2.75) is 18.8 Å². The summed E-state index contributed by atoms with van der Waals surface area (Å²) in [7, 11) is 0. The lowest BCUT2D eigenvalue weighted by atomic mass is 9.98. The number of thioether (sulfide) groups is 1. The fourth-order valence-corrected chi connectivity index (χ4v) is 4.31. The van der Waals surface area contributed by atoms with Gasteiger partial charge in [-0.2, -0.15) is 11.8 Å². The molecule has 0 spiro atoms. The molecule has 2 aliphatic rings. The molecule has 0 aromatic heterocycles. The van der Waals surface area contributed by atoms with E-state index < -0.39 is 0 Å². The maximum atomic E-state index is 12.6. The van der Waals surface area contributed by atoms with Gasteiger partial charge in [-0.25, -0.2) is 0 Å². The van der Waals surface area contributed by atoms with Gasteiger partial charge in [0, 0.05) is 29.8 Å². The molecule has 2 unspecified atom stereocenters. The van der Waals surface area contributed by atoms with Gasteiger partial charge in [-0.05, 0) is 36.8 Å². The van der Waals surface area contributed by atoms with Crippen LogP contribution in [0.3, 0.4) is 0 Å². The van der Waals surface area contributed by atoms with Crippen LogP contribution in [0.25, 0.3) is 0 Å². The Bertz CT molecular complexity index is 471. The number of hydrogen-bond donors (Lipinski definition) is 1. The third-order valence-electron chi connectivity index (χ3n) is 4.13. The van der Waals surface area contributed by atoms with Crippen molar-refractivity contribution >= 4 is 23.4 Å². The number of rotatable bonds is 3. The number of amides is 1. The van der Waals surface area contributed by atoms with Gasteiger partial charge in [0.2, 0.25) is 5.91 Å². The molecular weight excluding hydrogens is 256 g/mol. The van der Waals surface area contributed by atoms with Gasteiger partial charge < -0.3 is 10.6 Å². The van der Waals surface area contributed by atoms with Crippen LogP contribution < -0.4 is 10.6 Å². The molecule has 2 N–H and O–H groups in total. The molecule has 1 fully saturated rings. The van der Waals surface area contributed by atoms with Crippen molar-refractivity contribution in [2.75, 3.05) is 29.5 Å². The lowest BCUT2D eigenvalue weighted by Crippen LogP contribution is -2.35. The number of nitrogens with zero attached hydrogens (tertiary/aromatic N) is 1. The third-order valence-corrected chi connectivity index (χ3v) is 5.29. The van der Waals surface area contributed by atoms with Gasteiger partial charge in [-0.3, -0.25) is 4.79 Å². The molecule has 0 bridgehead atoms. The van der Waals surface area contributed by atoms with Crippen LogP contribution in [0.4, 0.5) is 5.69 Å². The molecule has 102 valence electrons. The normalized spacial score (nSPS) is 25.6. The average molecular weight is 276 g/mol. The summed E-state index contributed by atoms with van der Waals surface area (Å²) in [5.41, 5.74) is 8.11. The number of benzene rings is 1. The third kappa shape index (κ3) is 2.39. The van der Waals surface area contributed by atoms with Crippen LogP contribution in [0.1, 0.15) is 24.3 Å². The molecular formula is C15H20N2OS. The van der Waals surface area contributed by atoms with E-state index in [1.807, 2.05) is 22.7 Å². The highest BCUT2D eigenvalue weighted by Crippen LogP contribution is 2.39. The van der Waals surface area contributed by atoms with Crippen LogP contribution >= 0.6 is 11.8 Å². The van der Waals surface area contributed by atoms with E-state index in [1.165, 1.54) is 5.56 Å². The number of anilines is 1. The van der Waals surface area contributed by atoms with E-state index in [1.54, 1.807) is 0 Å². The predicted molar refractivity (Wildman–Crippen MR) is 80.6 cm³/mol. The Morgan fingerprint density at radius 2 is 2.26 bits per heavy atom. The SMILES string of the molecule is NCCC1CN(C(=O)C2CCSC2)c2ccccc21. The number of carbonyl (C=O) groups excluding carboxylic acids is 1. The highest BCUT2D eigenvalue weighted by atomic mass is 32.2. The quantitative estimate of drug-likeness (QED) is 0.921. The Morgan fingerprint density at radius 1 is 1.42 bits per heavy atom. The van der Waals surface area contributed by atoms with Crippen molar-refractivity contribution in [3.63, 3.8) is 0 Å². The molecule has 3 rings (SSSR count). The zero-order valence-corrected chi connectivity index (χ0v) is 11.9. The van der Waals surface area contributed by atoms with Crippen LogP contribution in [0.5, 0.6) is 0 Å². The smallest absolute Gasteiger partial charge is 0.230 e. The van der Waals surface area contributed by atoms with E-state index in [9.17, 15) is 4.79 Å². The summed E-state index contributed by atoms with van der Waals surface area (Å²) in [6.45, 7) is 1.50. The van der Waals surface area contributed by atoms with Crippen LogP contribution in [-0.4, -0.2) is 30.5 Å². The highest BCUT2D eigenvalue weighted by Gasteiger charge is 2.35. The van der Waals surface area contributed by atoms with Gasteiger partial charge in [0.15, 0.2) is 0 Å². The summed E-state index contributed by atoms with van der Waals surface area (Å²) in [5.74, 6) is 3.06. The van der Waals surface area contributed by atoms with Gasteiger partial charge in [0.1, 0.15) is 0 Å². The van der Waals surface area contributed by atoms with Crippen molar-refractivity contribution < 1.29 is 4.79 Å². The Hall–Kier alpha value is -1.00. The van der Waals surface area contributed by atoms with Crippen molar-refractivity contribution in [2.24, 2.45) is 11.7 Å². The average Bonchev–Trinajstić information content (AvgIpc) is 3.07. The van der Waals surface area contributed by atoms with Crippen molar-refractivity contribution in [1.29, 1.82) is 0 Å². The monoisotopic (exact) mass is 276 g/mol. The number of hydrogen-bond acceptors (Lipinski definition) is 3. The van der Waals surface area contributed by atoms with Crippen molar-refractivity contribution in [1.82, 2.24) is 0 Å². The van der Waals surface area contributed by atoms with Crippen molar-refractivity contribution in [3.8, 4) is 0 Å². The van der Waals surface area contributed by atoms with E-state index in [4.69, 9.17) is 5.73 Å². The lowest BCUT2D eigenvalue weighted by molar-refractivity contribution is -0.121. The molecule has 1 amide bonds. The highest BCUT2D eigenvalue weighted by molar-refractivity contribution is 7.99. The lowest BCUT2D eigenvalue weighted by Gasteiger charge is -2.21. The van der Waals surface area contributed by atoms with Crippen LogP contribution in [0.2, 0.25) is 0 Å². The molecule has 3 nitrogen and oxygen atoms in total. The zero-order valence-electron chi connectivity index (χ0n) is 11.0. The van der Waals surface area contributed by atoms with E-state index in [-0.39, 0.29) is 5.92 Å². The molecule has 1 saturated heterocycles. The Morgan fingerprint density at radius 3 is 3.00 bits per heavy atom. The first-order valence-electron chi connectivity index (χ1n) is 6.99. The summed E-state index contributed by atoms with van der Waals surface area (Å²) in [4.78, 5) is 14.6. The molecule has 4 heteroatoms. The number of carbonyl (C=O) groups is 1. The zero-order chi connectivity index (χ0) is 13.2. The molecule has 2 heterocycles. The molecule has 2 aliphatic heterocycles. The minimum absolute atomic E-state index is 0.217. The summed E-state index contributed by atoms with van der Waals surface area (Å²) in [6.07, 6.45) is 1.99. The van der Waals surface area contributed by atoms with Gasteiger partial charge in [0.05, 0.1) is 0 Å². The molecule has 0 saturated carbocycles. The minimum Gasteiger partial charge on any atom is -0.330 e. The summed E-state index contributed by atoms with van der Waals surface area (Å²) < 4.78 is 0. The second-order valence-electron chi connectivity index (χ2n) is 5.34. The second-order valence-corrected chi connectivity index (χ2v) is 6.49. The second kappa shape index (κ2) is 5.55. The van der Waals surface area contributed by atoms with Gasteiger partial charge in [-0.15, -0.1) is 0 Å². The Kier molecular flexibility index (Phi) is 3.80. The fourth-order valence-electron chi connectivity index (χ4n) is 3.10. The molecule has 1 aromatic carbocycles. The fraction of sp³-hybridized carbons (Fsp3) is 0.533. The summed E-state index contributed by atoms with van der Waals surface area (Å²) >= 11 is 1.89. The molecule has 0 aliphatic carbocycles. The molecule has 19 heavy (non-hydrogen) atoms. The van der Waals surface area contributed by atoms with E-state index in [0.717, 1.165) is 36.6 Å². The molecule has 2 atom stereocenters. The van der Waals surface area contributed by atoms with Crippen molar-refractivity contribution in [3.05, 3.63) is 29.8 Å². The van der Waals surface area contributed by atoms with Crippen LogP contribution in [0.15, 0.2) is 24.3 Å².